The number of carbonyl (C=O) groups excluding carboxylic acids is 2. The van der Waals surface area contributed by atoms with Gasteiger partial charge in [-0.2, -0.15) is 5.26 Å². The number of carbonyl (C=O) groups is 2. The Morgan fingerprint density at radius 3 is 2.63 bits per heavy atom. The predicted molar refractivity (Wildman–Crippen MR) is 104 cm³/mol. The van der Waals surface area contributed by atoms with E-state index in [0.29, 0.717) is 16.3 Å². The number of rotatable bonds is 6. The van der Waals surface area contributed by atoms with Crippen molar-refractivity contribution in [3.63, 3.8) is 0 Å². The molecule has 27 heavy (non-hydrogen) atoms. The van der Waals surface area contributed by atoms with Gasteiger partial charge in [0, 0.05) is 16.3 Å². The normalized spacial score (nSPS) is 10.8. The van der Waals surface area contributed by atoms with Gasteiger partial charge in [0.05, 0.1) is 0 Å². The van der Waals surface area contributed by atoms with Crippen LogP contribution < -0.4 is 15.8 Å². The quantitative estimate of drug-likeness (QED) is 0.589. The average Bonchev–Trinajstić information content (AvgIpc) is 2.61. The van der Waals surface area contributed by atoms with Crippen LogP contribution in [-0.4, -0.2) is 18.4 Å². The van der Waals surface area contributed by atoms with Crippen molar-refractivity contribution in [2.75, 3.05) is 11.9 Å². The van der Waals surface area contributed by atoms with Crippen LogP contribution in [0.4, 0.5) is 5.69 Å². The molecule has 0 radical (unpaired) electrons. The van der Waals surface area contributed by atoms with E-state index in [2.05, 4.69) is 5.32 Å². The molecule has 2 rings (SSSR count). The first kappa shape index (κ1) is 20.0. The summed E-state index contributed by atoms with van der Waals surface area (Å²) in [4.78, 5) is 23.4. The minimum atomic E-state index is -0.645. The van der Waals surface area contributed by atoms with E-state index in [4.69, 9.17) is 22.1 Å². The van der Waals surface area contributed by atoms with Gasteiger partial charge in [-0.1, -0.05) is 29.3 Å². The summed E-state index contributed by atoms with van der Waals surface area (Å²) in [6.07, 6.45) is 1.35. The number of nitrogens with two attached hydrogens (primary N) is 1. The third-order valence-electron chi connectivity index (χ3n) is 3.64. The first-order valence-corrected chi connectivity index (χ1v) is 8.39. The van der Waals surface area contributed by atoms with Gasteiger partial charge < -0.3 is 15.8 Å². The van der Waals surface area contributed by atoms with Gasteiger partial charge in [0.25, 0.3) is 11.8 Å². The van der Waals surface area contributed by atoms with Crippen molar-refractivity contribution in [1.29, 1.82) is 5.26 Å². The maximum Gasteiger partial charge on any atom is 0.266 e. The first-order chi connectivity index (χ1) is 12.8. The van der Waals surface area contributed by atoms with E-state index in [-0.39, 0.29) is 17.9 Å². The second kappa shape index (κ2) is 8.88. The van der Waals surface area contributed by atoms with E-state index < -0.39 is 11.8 Å². The smallest absolute Gasteiger partial charge is 0.266 e. The predicted octanol–water partition coefficient (Wildman–Crippen LogP) is 3.37. The highest BCUT2D eigenvalue weighted by molar-refractivity contribution is 6.30. The summed E-state index contributed by atoms with van der Waals surface area (Å²) >= 11 is 5.99. The molecule has 0 atom stereocenters. The molecule has 138 valence electrons. The number of benzene rings is 2. The van der Waals surface area contributed by atoms with Gasteiger partial charge in [0.15, 0.2) is 6.61 Å². The zero-order valence-electron chi connectivity index (χ0n) is 14.9. The fraction of sp³-hybridized carbons (Fsp3) is 0.150. The van der Waals surface area contributed by atoms with Crippen molar-refractivity contribution < 1.29 is 14.3 Å². The first-order valence-electron chi connectivity index (χ1n) is 8.01. The third-order valence-corrected chi connectivity index (χ3v) is 3.87. The van der Waals surface area contributed by atoms with Crippen LogP contribution in [0.25, 0.3) is 6.08 Å². The number of nitriles is 1. The number of anilines is 1. The number of hydrogen-bond donors (Lipinski definition) is 2. The molecule has 0 aromatic heterocycles. The lowest BCUT2D eigenvalue weighted by molar-refractivity contribution is -0.120. The maximum absolute atomic E-state index is 12.5. The molecular weight excluding hydrogens is 366 g/mol. The highest BCUT2D eigenvalue weighted by Crippen LogP contribution is 2.26. The summed E-state index contributed by atoms with van der Waals surface area (Å²) < 4.78 is 5.31. The van der Waals surface area contributed by atoms with Crippen LogP contribution in [0, 0.1) is 25.2 Å². The van der Waals surface area contributed by atoms with Crippen molar-refractivity contribution in [2.24, 2.45) is 5.73 Å². The van der Waals surface area contributed by atoms with E-state index in [1.807, 2.05) is 32.0 Å². The molecule has 6 nitrogen and oxygen atoms in total. The molecule has 0 aliphatic rings. The van der Waals surface area contributed by atoms with E-state index in [1.54, 1.807) is 12.1 Å². The van der Waals surface area contributed by atoms with Crippen molar-refractivity contribution in [1.82, 2.24) is 0 Å². The molecule has 0 saturated carbocycles. The molecule has 0 aliphatic heterocycles. The van der Waals surface area contributed by atoms with Crippen molar-refractivity contribution in [2.45, 2.75) is 13.8 Å². The molecule has 2 amide bonds. The molecular formula is C20H18ClN3O3. The number of amides is 2. The number of nitrogens with one attached hydrogen (secondary N) is 1. The molecule has 0 bridgehead atoms. The largest absolute Gasteiger partial charge is 0.483 e. The Balaban J connectivity index is 2.32. The molecule has 3 N–H and O–H groups in total. The van der Waals surface area contributed by atoms with Gasteiger partial charge in [-0.3, -0.25) is 9.59 Å². The number of halogens is 1. The molecule has 0 aliphatic carbocycles. The van der Waals surface area contributed by atoms with Gasteiger partial charge in [-0.25, -0.2) is 0 Å². The van der Waals surface area contributed by atoms with Gasteiger partial charge in [-0.15, -0.1) is 0 Å². The summed E-state index contributed by atoms with van der Waals surface area (Å²) in [7, 11) is 0. The van der Waals surface area contributed by atoms with Crippen molar-refractivity contribution in [3.8, 4) is 11.8 Å². The Bertz CT molecular complexity index is 961. The van der Waals surface area contributed by atoms with E-state index in [0.717, 1.165) is 11.1 Å². The Morgan fingerprint density at radius 2 is 2.00 bits per heavy atom. The Hall–Kier alpha value is -3.30. The second-order valence-corrected chi connectivity index (χ2v) is 6.32. The van der Waals surface area contributed by atoms with Gasteiger partial charge in [0.2, 0.25) is 0 Å². The second-order valence-electron chi connectivity index (χ2n) is 5.88. The lowest BCUT2D eigenvalue weighted by atomic mass is 10.1. The van der Waals surface area contributed by atoms with Crippen LogP contribution >= 0.6 is 11.6 Å². The molecule has 0 unspecified atom stereocenters. The number of primary amides is 1. The van der Waals surface area contributed by atoms with Gasteiger partial charge in [-0.05, 0) is 49.8 Å². The number of aryl methyl sites for hydroxylation is 2. The standard InChI is InChI=1S/C20H18ClN3O3/c1-12-3-5-17(13(2)7-12)24-20(26)15(10-22)8-14-9-16(21)4-6-18(14)27-11-19(23)25/h3-9H,11H2,1-2H3,(H2,23,25)(H,24,26)/b15-8+. The topological polar surface area (TPSA) is 105 Å². The minimum absolute atomic E-state index is 0.138. The maximum atomic E-state index is 12.5. The molecule has 0 spiro atoms. The zero-order valence-corrected chi connectivity index (χ0v) is 15.6. The Kier molecular flexibility index (Phi) is 6.58. The number of hydrogen-bond acceptors (Lipinski definition) is 4. The van der Waals surface area contributed by atoms with Crippen LogP contribution in [0.2, 0.25) is 5.02 Å². The molecule has 0 saturated heterocycles. The summed E-state index contributed by atoms with van der Waals surface area (Å²) in [5.41, 5.74) is 7.90. The Morgan fingerprint density at radius 1 is 1.26 bits per heavy atom. The SMILES string of the molecule is Cc1ccc(NC(=O)/C(C#N)=C/c2cc(Cl)ccc2OCC(N)=O)c(C)c1. The van der Waals surface area contributed by atoms with E-state index in [9.17, 15) is 14.9 Å². The average molecular weight is 384 g/mol. The van der Waals surface area contributed by atoms with Crippen LogP contribution in [0.15, 0.2) is 42.0 Å². The minimum Gasteiger partial charge on any atom is -0.483 e. The molecule has 0 heterocycles. The molecule has 2 aromatic rings. The molecule has 7 heteroatoms. The number of nitrogens with zero attached hydrogens (tertiary/aromatic N) is 1. The highest BCUT2D eigenvalue weighted by Gasteiger charge is 2.13. The summed E-state index contributed by atoms with van der Waals surface area (Å²) in [5, 5.41) is 12.5. The lowest BCUT2D eigenvalue weighted by Gasteiger charge is -2.10. The van der Waals surface area contributed by atoms with Crippen LogP contribution in [0.1, 0.15) is 16.7 Å². The van der Waals surface area contributed by atoms with Crippen LogP contribution in [-0.2, 0) is 9.59 Å². The van der Waals surface area contributed by atoms with E-state index >= 15 is 0 Å². The van der Waals surface area contributed by atoms with Gasteiger partial charge in [0.1, 0.15) is 17.4 Å². The van der Waals surface area contributed by atoms with Crippen molar-refractivity contribution >= 4 is 35.2 Å². The monoisotopic (exact) mass is 383 g/mol. The summed E-state index contributed by atoms with van der Waals surface area (Å²) in [6.45, 7) is 3.48. The summed E-state index contributed by atoms with van der Waals surface area (Å²) in [6, 6.07) is 12.1. The zero-order chi connectivity index (χ0) is 20.0. The highest BCUT2D eigenvalue weighted by atomic mass is 35.5. The van der Waals surface area contributed by atoms with Gasteiger partial charge >= 0.3 is 0 Å². The fourth-order valence-corrected chi connectivity index (χ4v) is 2.54. The fourth-order valence-electron chi connectivity index (χ4n) is 2.36. The molecule has 0 fully saturated rings. The van der Waals surface area contributed by atoms with Crippen LogP contribution in [0.3, 0.4) is 0 Å². The van der Waals surface area contributed by atoms with E-state index in [1.165, 1.54) is 18.2 Å². The summed E-state index contributed by atoms with van der Waals surface area (Å²) in [5.74, 6) is -0.927. The molecule has 2 aromatic carbocycles. The third kappa shape index (κ3) is 5.59. The Labute approximate surface area is 162 Å². The van der Waals surface area contributed by atoms with Crippen molar-refractivity contribution in [3.05, 3.63) is 63.7 Å². The lowest BCUT2D eigenvalue weighted by Crippen LogP contribution is -2.20. The number of ether oxygens (including phenoxy) is 1. The van der Waals surface area contributed by atoms with Crippen LogP contribution in [0.5, 0.6) is 5.75 Å².